The van der Waals surface area contributed by atoms with Crippen molar-refractivity contribution in [3.8, 4) is 0 Å². The van der Waals surface area contributed by atoms with E-state index in [1.165, 1.54) is 17.1 Å². The highest BCUT2D eigenvalue weighted by molar-refractivity contribution is 7.09. The van der Waals surface area contributed by atoms with Crippen LogP contribution in [0.4, 0.5) is 0 Å². The van der Waals surface area contributed by atoms with Gasteiger partial charge in [0.15, 0.2) is 0 Å². The Morgan fingerprint density at radius 1 is 1.50 bits per heavy atom. The first-order valence-corrected chi connectivity index (χ1v) is 6.08. The predicted octanol–water partition coefficient (Wildman–Crippen LogP) is 2.63. The molecule has 0 aliphatic heterocycles. The monoisotopic (exact) mass is 212 g/mol. The Hall–Kier alpha value is -0.410. The van der Waals surface area contributed by atoms with E-state index in [2.05, 4.69) is 36.5 Å². The lowest BCUT2D eigenvalue weighted by Gasteiger charge is -2.16. The maximum atomic E-state index is 4.48. The molecule has 0 saturated heterocycles. The van der Waals surface area contributed by atoms with Gasteiger partial charge in [-0.15, -0.1) is 11.3 Å². The molecule has 0 saturated carbocycles. The summed E-state index contributed by atoms with van der Waals surface area (Å²) in [5.41, 5.74) is 1.23. The summed E-state index contributed by atoms with van der Waals surface area (Å²) in [5.74, 6) is 0.743. The fourth-order valence-electron chi connectivity index (χ4n) is 1.63. The molecule has 1 aromatic heterocycles. The lowest BCUT2D eigenvalue weighted by atomic mass is 10.0. The van der Waals surface area contributed by atoms with Crippen LogP contribution in [-0.2, 0) is 6.42 Å². The maximum Gasteiger partial charge on any atom is 0.0897 e. The molecule has 80 valence electrons. The minimum absolute atomic E-state index is 0.566. The molecule has 2 nitrogen and oxygen atoms in total. The molecule has 1 N–H and O–H groups in total. The molecule has 0 amide bonds. The van der Waals surface area contributed by atoms with Crippen molar-refractivity contribution in [1.29, 1.82) is 0 Å². The molecule has 1 atom stereocenters. The molecule has 14 heavy (non-hydrogen) atoms. The molecule has 0 aliphatic carbocycles. The second-order valence-electron chi connectivity index (χ2n) is 4.18. The number of nitrogens with one attached hydrogen (secondary N) is 1. The van der Waals surface area contributed by atoms with E-state index in [1.54, 1.807) is 11.3 Å². The molecule has 0 aliphatic rings. The largest absolute Gasteiger partial charge is 0.317 e. The Morgan fingerprint density at radius 2 is 2.21 bits per heavy atom. The molecule has 1 aromatic rings. The summed E-state index contributed by atoms with van der Waals surface area (Å²) in [4.78, 5) is 4.48. The Kier molecular flexibility index (Phi) is 4.55. The predicted molar refractivity (Wildman–Crippen MR) is 62.9 cm³/mol. The number of aromatic nitrogens is 1. The maximum absolute atomic E-state index is 4.48. The summed E-state index contributed by atoms with van der Waals surface area (Å²) in [7, 11) is 2.03. The molecule has 3 heteroatoms. The second kappa shape index (κ2) is 5.47. The van der Waals surface area contributed by atoms with E-state index in [-0.39, 0.29) is 0 Å². The number of nitrogens with zero attached hydrogens (tertiary/aromatic N) is 1. The van der Waals surface area contributed by atoms with Gasteiger partial charge in [0.1, 0.15) is 0 Å². The molecule has 0 bridgehead atoms. The van der Waals surface area contributed by atoms with E-state index in [0.29, 0.717) is 6.04 Å². The first kappa shape index (κ1) is 11.7. The van der Waals surface area contributed by atoms with E-state index in [9.17, 15) is 0 Å². The zero-order valence-electron chi connectivity index (χ0n) is 9.50. The first-order valence-electron chi connectivity index (χ1n) is 5.20. The van der Waals surface area contributed by atoms with Crippen LogP contribution < -0.4 is 5.32 Å². The zero-order valence-corrected chi connectivity index (χ0v) is 10.3. The molecule has 1 rings (SSSR count). The molecule has 0 radical (unpaired) electrons. The van der Waals surface area contributed by atoms with Gasteiger partial charge in [0, 0.05) is 17.8 Å². The normalized spacial score (nSPS) is 13.5. The van der Waals surface area contributed by atoms with Gasteiger partial charge in [-0.2, -0.15) is 0 Å². The van der Waals surface area contributed by atoms with Crippen molar-refractivity contribution < 1.29 is 0 Å². The molecular weight excluding hydrogens is 192 g/mol. The highest BCUT2D eigenvalue weighted by Gasteiger charge is 2.10. The SMILES string of the molecule is CNC(Cc1csc(C)n1)CC(C)C. The van der Waals surface area contributed by atoms with E-state index in [4.69, 9.17) is 0 Å². The van der Waals surface area contributed by atoms with Gasteiger partial charge in [0.2, 0.25) is 0 Å². The van der Waals surface area contributed by atoms with Crippen LogP contribution in [0, 0.1) is 12.8 Å². The zero-order chi connectivity index (χ0) is 10.6. The van der Waals surface area contributed by atoms with Crippen LogP contribution in [-0.4, -0.2) is 18.1 Å². The number of thiazole rings is 1. The summed E-state index contributed by atoms with van der Waals surface area (Å²) >= 11 is 1.74. The van der Waals surface area contributed by atoms with Gasteiger partial charge in [0.05, 0.1) is 10.7 Å². The Morgan fingerprint density at radius 3 is 2.64 bits per heavy atom. The Labute approximate surface area is 90.8 Å². The highest BCUT2D eigenvalue weighted by atomic mass is 32.1. The van der Waals surface area contributed by atoms with Crippen LogP contribution in [0.3, 0.4) is 0 Å². The summed E-state index contributed by atoms with van der Waals surface area (Å²) in [6, 6.07) is 0.566. The van der Waals surface area contributed by atoms with Crippen molar-refractivity contribution in [1.82, 2.24) is 10.3 Å². The molecule has 0 spiro atoms. The van der Waals surface area contributed by atoms with Crippen LogP contribution >= 0.6 is 11.3 Å². The quantitative estimate of drug-likeness (QED) is 0.811. The van der Waals surface area contributed by atoms with Gasteiger partial charge in [-0.1, -0.05) is 13.8 Å². The van der Waals surface area contributed by atoms with Gasteiger partial charge in [-0.25, -0.2) is 4.98 Å². The van der Waals surface area contributed by atoms with Gasteiger partial charge in [-0.05, 0) is 26.3 Å². The topological polar surface area (TPSA) is 24.9 Å². The summed E-state index contributed by atoms with van der Waals surface area (Å²) in [5, 5.41) is 6.69. The Balaban J connectivity index is 2.48. The van der Waals surface area contributed by atoms with Crippen LogP contribution in [0.2, 0.25) is 0 Å². The highest BCUT2D eigenvalue weighted by Crippen LogP contribution is 2.13. The van der Waals surface area contributed by atoms with Crippen molar-refractivity contribution in [3.63, 3.8) is 0 Å². The van der Waals surface area contributed by atoms with Gasteiger partial charge >= 0.3 is 0 Å². The van der Waals surface area contributed by atoms with E-state index >= 15 is 0 Å². The summed E-state index contributed by atoms with van der Waals surface area (Å²) < 4.78 is 0. The minimum atomic E-state index is 0.566. The number of hydrogen-bond donors (Lipinski definition) is 1. The average molecular weight is 212 g/mol. The smallest absolute Gasteiger partial charge is 0.0897 e. The van der Waals surface area contributed by atoms with Crippen molar-refractivity contribution in [2.45, 2.75) is 39.7 Å². The second-order valence-corrected chi connectivity index (χ2v) is 5.24. The first-order chi connectivity index (χ1) is 6.61. The fourth-order valence-corrected chi connectivity index (χ4v) is 2.25. The fraction of sp³-hybridized carbons (Fsp3) is 0.727. The standard InChI is InChI=1S/C11H20N2S/c1-8(2)5-10(12-4)6-11-7-14-9(3)13-11/h7-8,10,12H,5-6H2,1-4H3. The summed E-state index contributed by atoms with van der Waals surface area (Å²) in [6.45, 7) is 6.58. The number of aryl methyl sites for hydroxylation is 1. The lowest BCUT2D eigenvalue weighted by molar-refractivity contribution is 0.438. The van der Waals surface area contributed by atoms with Crippen molar-refractivity contribution in [3.05, 3.63) is 16.1 Å². The van der Waals surface area contributed by atoms with E-state index < -0.39 is 0 Å². The third kappa shape index (κ3) is 3.76. The van der Waals surface area contributed by atoms with Crippen molar-refractivity contribution in [2.75, 3.05) is 7.05 Å². The molecular formula is C11H20N2S. The molecule has 0 fully saturated rings. The van der Waals surface area contributed by atoms with Crippen LogP contribution in [0.1, 0.15) is 31.0 Å². The van der Waals surface area contributed by atoms with E-state index in [1.807, 2.05) is 7.05 Å². The third-order valence-electron chi connectivity index (χ3n) is 2.29. The van der Waals surface area contributed by atoms with Crippen LogP contribution in [0.5, 0.6) is 0 Å². The van der Waals surface area contributed by atoms with Gasteiger partial charge in [-0.3, -0.25) is 0 Å². The van der Waals surface area contributed by atoms with Crippen molar-refractivity contribution in [2.24, 2.45) is 5.92 Å². The third-order valence-corrected chi connectivity index (χ3v) is 3.11. The number of hydrogen-bond acceptors (Lipinski definition) is 3. The molecule has 0 aromatic carbocycles. The van der Waals surface area contributed by atoms with Crippen molar-refractivity contribution >= 4 is 11.3 Å². The summed E-state index contributed by atoms with van der Waals surface area (Å²) in [6.07, 6.45) is 2.27. The van der Waals surface area contributed by atoms with Gasteiger partial charge in [0.25, 0.3) is 0 Å². The molecule has 1 unspecified atom stereocenters. The minimum Gasteiger partial charge on any atom is -0.317 e. The van der Waals surface area contributed by atoms with Gasteiger partial charge < -0.3 is 5.32 Å². The van der Waals surface area contributed by atoms with Crippen LogP contribution in [0.15, 0.2) is 5.38 Å². The number of likely N-dealkylation sites (N-methyl/N-ethyl adjacent to an activating group) is 1. The average Bonchev–Trinajstić information content (AvgIpc) is 2.49. The van der Waals surface area contributed by atoms with Crippen LogP contribution in [0.25, 0.3) is 0 Å². The lowest BCUT2D eigenvalue weighted by Crippen LogP contribution is -2.29. The number of rotatable bonds is 5. The molecule has 1 heterocycles. The Bertz CT molecular complexity index is 268. The van der Waals surface area contributed by atoms with E-state index in [0.717, 1.165) is 12.3 Å².